The normalized spacial score (nSPS) is 10.2. The maximum absolute atomic E-state index is 13.3. The van der Waals surface area contributed by atoms with Gasteiger partial charge in [-0.2, -0.15) is 0 Å². The summed E-state index contributed by atoms with van der Waals surface area (Å²) in [7, 11) is 0.251. The van der Waals surface area contributed by atoms with Crippen molar-refractivity contribution in [1.29, 1.82) is 0 Å². The van der Waals surface area contributed by atoms with Gasteiger partial charge in [0.05, 0.1) is 0 Å². The topological polar surface area (TPSA) is 3.88 Å². The third kappa shape index (κ3) is 1.71. The van der Waals surface area contributed by atoms with E-state index in [-0.39, 0.29) is 12.6 Å². The van der Waals surface area contributed by atoms with Crippen molar-refractivity contribution < 1.29 is 22.3 Å². The first-order chi connectivity index (χ1) is 7.61. The van der Waals surface area contributed by atoms with E-state index < -0.39 is 27.7 Å². The van der Waals surface area contributed by atoms with Gasteiger partial charge < -0.3 is 0 Å². The van der Waals surface area contributed by atoms with Crippen LogP contribution in [0, 0.1) is 17.5 Å². The fourth-order valence-electron chi connectivity index (χ4n) is 1.39. The van der Waals surface area contributed by atoms with Crippen LogP contribution in [0.4, 0.5) is 17.7 Å². The molecular weight excluding hydrogens is 221 g/mol. The van der Waals surface area contributed by atoms with E-state index in [0.717, 1.165) is 0 Å². The van der Waals surface area contributed by atoms with Gasteiger partial charge in [0, 0.05) is 0 Å². The van der Waals surface area contributed by atoms with Crippen LogP contribution in [-0.4, -0.2) is 7.05 Å². The van der Waals surface area contributed by atoms with Crippen LogP contribution in [0.5, 0.6) is 0 Å². The number of hydrogen-bond acceptors (Lipinski definition) is 0. The Morgan fingerprint density at radius 2 is 1.62 bits per heavy atom. The second-order valence-corrected chi connectivity index (χ2v) is 3.13. The molecule has 0 saturated carbocycles. The SMILES string of the molecule is Fc1b[n+](F)c(F)c(F)c1-c1ccccc1. The summed E-state index contributed by atoms with van der Waals surface area (Å²) in [6.07, 6.45) is 0. The van der Waals surface area contributed by atoms with Gasteiger partial charge >= 0.3 is 88.3 Å². The Balaban J connectivity index is 2.71. The summed E-state index contributed by atoms with van der Waals surface area (Å²) in [4.78, 5) is 0. The van der Waals surface area contributed by atoms with E-state index in [1.165, 1.54) is 12.1 Å². The van der Waals surface area contributed by atoms with Gasteiger partial charge in [-0.25, -0.2) is 0 Å². The number of halogens is 4. The van der Waals surface area contributed by atoms with Crippen molar-refractivity contribution in [3.05, 3.63) is 47.8 Å². The van der Waals surface area contributed by atoms with Crippen LogP contribution < -0.4 is 4.70 Å². The molecule has 0 aliphatic rings. The summed E-state index contributed by atoms with van der Waals surface area (Å²) in [5.41, 5.74) is -1.59. The predicted octanol–water partition coefficient (Wildman–Crippen LogP) is 2.13. The van der Waals surface area contributed by atoms with E-state index in [1.54, 1.807) is 18.2 Å². The van der Waals surface area contributed by atoms with E-state index in [1.807, 2.05) is 0 Å². The first-order valence-electron chi connectivity index (χ1n) is 4.42. The molecule has 0 saturated heterocycles. The zero-order chi connectivity index (χ0) is 11.7. The Labute approximate surface area is 89.1 Å². The Morgan fingerprint density at radius 3 is 2.25 bits per heavy atom. The predicted molar refractivity (Wildman–Crippen MR) is 49.8 cm³/mol. The summed E-state index contributed by atoms with van der Waals surface area (Å²) in [5, 5.41) is 0. The molecule has 2 rings (SSSR count). The second kappa shape index (κ2) is 4.04. The van der Waals surface area contributed by atoms with Crippen LogP contribution in [0.1, 0.15) is 0 Å². The van der Waals surface area contributed by atoms with Crippen LogP contribution in [0.25, 0.3) is 11.1 Å². The van der Waals surface area contributed by atoms with Gasteiger partial charge in [-0.05, 0) is 0 Å². The van der Waals surface area contributed by atoms with Crippen molar-refractivity contribution in [2.45, 2.75) is 0 Å². The van der Waals surface area contributed by atoms with Crippen LogP contribution in [0.2, 0.25) is 0 Å². The van der Waals surface area contributed by atoms with Gasteiger partial charge in [0.25, 0.3) is 0 Å². The van der Waals surface area contributed by atoms with E-state index in [9.17, 15) is 17.7 Å². The monoisotopic (exact) mass is 226 g/mol. The standard InChI is InChI=1S/C10H5BF4N/c12-8-7(6-4-2-1-3-5-6)9(13)11-16(15)10(8)14/h1-5H/q+1. The van der Waals surface area contributed by atoms with E-state index in [2.05, 4.69) is 0 Å². The number of benzene rings is 1. The van der Waals surface area contributed by atoms with Crippen LogP contribution >= 0.6 is 0 Å². The summed E-state index contributed by atoms with van der Waals surface area (Å²) in [6, 6.07) is 7.55. The molecule has 0 radical (unpaired) electrons. The van der Waals surface area contributed by atoms with Gasteiger partial charge in [-0.15, -0.1) is 0 Å². The van der Waals surface area contributed by atoms with Gasteiger partial charge in [0.15, 0.2) is 0 Å². The molecule has 6 heteroatoms. The molecule has 16 heavy (non-hydrogen) atoms. The average molecular weight is 226 g/mol. The van der Waals surface area contributed by atoms with Crippen LogP contribution in [0.3, 0.4) is 0 Å². The maximum atomic E-state index is 13.3. The Bertz CT molecular complexity index is 530. The van der Waals surface area contributed by atoms with Crippen molar-refractivity contribution in [3.8, 4) is 11.1 Å². The fraction of sp³-hybridized carbons (Fsp3) is 0. The molecule has 0 N–H and O–H groups in total. The summed E-state index contributed by atoms with van der Waals surface area (Å²) < 4.78 is 51.4. The number of nitrogens with zero attached hydrogens (tertiary/aromatic N) is 1. The molecule has 0 amide bonds. The molecule has 1 heterocycles. The van der Waals surface area contributed by atoms with Gasteiger partial charge in [0.2, 0.25) is 0 Å². The third-order valence-electron chi connectivity index (χ3n) is 2.12. The third-order valence-corrected chi connectivity index (χ3v) is 2.12. The minimum absolute atomic E-state index is 0.150. The first kappa shape index (κ1) is 10.8. The molecule has 2 aromatic rings. The summed E-state index contributed by atoms with van der Waals surface area (Å²) in [6.45, 7) is 0. The molecule has 1 aromatic carbocycles. The molecule has 0 fully saturated rings. The zero-order valence-corrected chi connectivity index (χ0v) is 7.92. The molecule has 0 spiro atoms. The quantitative estimate of drug-likeness (QED) is 0.655. The van der Waals surface area contributed by atoms with Crippen molar-refractivity contribution in [2.24, 2.45) is 0 Å². The molecule has 0 bridgehead atoms. The molecule has 0 aliphatic carbocycles. The van der Waals surface area contributed by atoms with Crippen molar-refractivity contribution in [3.63, 3.8) is 0 Å². The second-order valence-electron chi connectivity index (χ2n) is 3.13. The number of rotatable bonds is 1. The van der Waals surface area contributed by atoms with Gasteiger partial charge in [-0.1, -0.05) is 0 Å². The molecule has 0 aliphatic heterocycles. The van der Waals surface area contributed by atoms with E-state index >= 15 is 0 Å². The Kier molecular flexibility index (Phi) is 2.72. The fourth-order valence-corrected chi connectivity index (χ4v) is 1.39. The van der Waals surface area contributed by atoms with E-state index in [0.29, 0.717) is 0 Å². The molecule has 0 unspecified atom stereocenters. The van der Waals surface area contributed by atoms with Crippen LogP contribution in [0.15, 0.2) is 30.3 Å². The zero-order valence-electron chi connectivity index (χ0n) is 7.92. The Morgan fingerprint density at radius 1 is 1.00 bits per heavy atom. The van der Waals surface area contributed by atoms with Crippen molar-refractivity contribution in [2.75, 3.05) is 0 Å². The number of hydrogen-bond donors (Lipinski definition) is 0. The van der Waals surface area contributed by atoms with Gasteiger partial charge in [-0.3, -0.25) is 0 Å². The Hall–Kier alpha value is -1.72. The van der Waals surface area contributed by atoms with Crippen LogP contribution in [-0.2, 0) is 0 Å². The minimum atomic E-state index is -1.75. The molecule has 1 aromatic heterocycles. The molecular formula is C10H5BF4N+. The first-order valence-corrected chi connectivity index (χ1v) is 4.42. The van der Waals surface area contributed by atoms with Crippen molar-refractivity contribution in [1.82, 2.24) is 0 Å². The van der Waals surface area contributed by atoms with Gasteiger partial charge in [0.1, 0.15) is 0 Å². The molecule has 80 valence electrons. The molecule has 0 atom stereocenters. The number of aromatic nitrogens is 1. The van der Waals surface area contributed by atoms with E-state index in [4.69, 9.17) is 0 Å². The average Bonchev–Trinajstić information content (AvgIpc) is 2.28. The summed E-state index contributed by atoms with van der Waals surface area (Å²) >= 11 is 0. The summed E-state index contributed by atoms with van der Waals surface area (Å²) in [5.74, 6) is -3.30. The molecule has 1 nitrogen and oxygen atoms in total. The van der Waals surface area contributed by atoms with Crippen molar-refractivity contribution >= 4 is 7.05 Å².